The van der Waals surface area contributed by atoms with Gasteiger partial charge in [0.25, 0.3) is 0 Å². The second-order valence-corrected chi connectivity index (χ2v) is 10.4. The van der Waals surface area contributed by atoms with Crippen LogP contribution in [-0.2, 0) is 4.79 Å². The Hall–Kier alpha value is -1.13. The highest BCUT2D eigenvalue weighted by Gasteiger charge is 2.46. The molecular formula is C24H32O2S2. The van der Waals surface area contributed by atoms with Crippen molar-refractivity contribution < 1.29 is 9.90 Å². The van der Waals surface area contributed by atoms with Crippen molar-refractivity contribution in [3.63, 3.8) is 0 Å². The average Bonchev–Trinajstić information content (AvgIpc) is 3.30. The Morgan fingerprint density at radius 3 is 2.68 bits per heavy atom. The Morgan fingerprint density at radius 2 is 1.89 bits per heavy atom. The van der Waals surface area contributed by atoms with Gasteiger partial charge in [-0.3, -0.25) is 4.79 Å². The molecule has 1 aromatic carbocycles. The molecule has 2 heterocycles. The molecule has 4 atom stereocenters. The van der Waals surface area contributed by atoms with Crippen molar-refractivity contribution in [2.75, 3.05) is 11.5 Å². The van der Waals surface area contributed by atoms with Gasteiger partial charge in [0.15, 0.2) is 0 Å². The number of carboxylic acids is 1. The maximum atomic E-state index is 10.6. The third-order valence-corrected chi connectivity index (χ3v) is 8.67. The number of carboxylic acid groups (broad SMARTS) is 1. The van der Waals surface area contributed by atoms with Crippen molar-refractivity contribution in [1.29, 1.82) is 0 Å². The summed E-state index contributed by atoms with van der Waals surface area (Å²) in [5, 5.41) is 10.5. The zero-order valence-electron chi connectivity index (χ0n) is 16.5. The van der Waals surface area contributed by atoms with Gasteiger partial charge in [-0.15, -0.1) is 0 Å². The fourth-order valence-electron chi connectivity index (χ4n) is 4.46. The summed E-state index contributed by atoms with van der Waals surface area (Å²) in [5.74, 6) is 3.37. The van der Waals surface area contributed by atoms with E-state index in [2.05, 4.69) is 78.2 Å². The van der Waals surface area contributed by atoms with E-state index in [0.29, 0.717) is 0 Å². The summed E-state index contributed by atoms with van der Waals surface area (Å²) in [6.45, 7) is 0. The predicted octanol–water partition coefficient (Wildman–Crippen LogP) is 6.53. The minimum absolute atomic E-state index is 0.285. The molecule has 0 aromatic heterocycles. The Labute approximate surface area is 178 Å². The molecule has 0 aliphatic carbocycles. The second-order valence-electron chi connectivity index (χ2n) is 7.79. The van der Waals surface area contributed by atoms with E-state index >= 15 is 0 Å². The fourth-order valence-corrected chi connectivity index (χ4v) is 7.34. The molecule has 4 heteroatoms. The van der Waals surface area contributed by atoms with Crippen LogP contribution in [0.4, 0.5) is 0 Å². The highest BCUT2D eigenvalue weighted by molar-refractivity contribution is 8.01. The Morgan fingerprint density at radius 1 is 1.11 bits per heavy atom. The maximum Gasteiger partial charge on any atom is 0.303 e. The summed E-state index contributed by atoms with van der Waals surface area (Å²) in [6, 6.07) is 10.5. The van der Waals surface area contributed by atoms with Gasteiger partial charge < -0.3 is 5.11 Å². The zero-order chi connectivity index (χ0) is 19.6. The van der Waals surface area contributed by atoms with Crippen molar-refractivity contribution in [3.8, 4) is 0 Å². The van der Waals surface area contributed by atoms with E-state index < -0.39 is 5.97 Å². The SMILES string of the molecule is O=C(O)CCC/C=C\C[C@@H]1[C@H](CCSCC=Cc2ccccc2)[C@@H]2CC[C@H]1S2. The lowest BCUT2D eigenvalue weighted by atomic mass is 9.76. The van der Waals surface area contributed by atoms with Crippen LogP contribution in [0.1, 0.15) is 50.5 Å². The number of aliphatic carboxylic acids is 1. The average molecular weight is 417 g/mol. The molecule has 1 N–H and O–H groups in total. The molecule has 0 radical (unpaired) electrons. The summed E-state index contributed by atoms with van der Waals surface area (Å²) in [6.07, 6.45) is 16.3. The lowest BCUT2D eigenvalue weighted by Gasteiger charge is -2.29. The van der Waals surface area contributed by atoms with E-state index in [-0.39, 0.29) is 6.42 Å². The molecule has 2 bridgehead atoms. The van der Waals surface area contributed by atoms with Gasteiger partial charge in [0.2, 0.25) is 0 Å². The summed E-state index contributed by atoms with van der Waals surface area (Å²) >= 11 is 4.31. The number of fused-ring (bicyclic) bond motifs is 2. The van der Waals surface area contributed by atoms with Gasteiger partial charge in [-0.1, -0.05) is 54.6 Å². The lowest BCUT2D eigenvalue weighted by Crippen LogP contribution is -2.27. The van der Waals surface area contributed by atoms with E-state index in [0.717, 1.165) is 40.9 Å². The number of benzene rings is 1. The molecule has 0 spiro atoms. The quantitative estimate of drug-likeness (QED) is 0.310. The first-order valence-electron chi connectivity index (χ1n) is 10.6. The van der Waals surface area contributed by atoms with Crippen LogP contribution in [0, 0.1) is 11.8 Å². The van der Waals surface area contributed by atoms with E-state index in [1.54, 1.807) is 0 Å². The van der Waals surface area contributed by atoms with Gasteiger partial charge in [0.1, 0.15) is 0 Å². The van der Waals surface area contributed by atoms with E-state index in [9.17, 15) is 4.79 Å². The van der Waals surface area contributed by atoms with Gasteiger partial charge in [-0.2, -0.15) is 23.5 Å². The number of unbranched alkanes of at least 4 members (excludes halogenated alkanes) is 1. The number of thioether (sulfide) groups is 2. The summed E-state index contributed by atoms with van der Waals surface area (Å²) in [7, 11) is 0. The zero-order valence-corrected chi connectivity index (χ0v) is 18.2. The molecule has 0 amide bonds. The van der Waals surface area contributed by atoms with Gasteiger partial charge in [0, 0.05) is 22.7 Å². The van der Waals surface area contributed by atoms with Crippen LogP contribution in [0.3, 0.4) is 0 Å². The number of carbonyl (C=O) groups is 1. The molecule has 28 heavy (non-hydrogen) atoms. The van der Waals surface area contributed by atoms with Gasteiger partial charge in [-0.25, -0.2) is 0 Å². The number of allylic oxidation sites excluding steroid dienone is 2. The molecule has 152 valence electrons. The predicted molar refractivity (Wildman–Crippen MR) is 124 cm³/mol. The van der Waals surface area contributed by atoms with Crippen molar-refractivity contribution in [2.24, 2.45) is 11.8 Å². The third kappa shape index (κ3) is 6.73. The molecule has 2 fully saturated rings. The third-order valence-electron chi connectivity index (χ3n) is 5.85. The smallest absolute Gasteiger partial charge is 0.303 e. The largest absolute Gasteiger partial charge is 0.481 e. The van der Waals surface area contributed by atoms with Crippen LogP contribution in [0.15, 0.2) is 48.6 Å². The van der Waals surface area contributed by atoms with Crippen molar-refractivity contribution in [2.45, 2.75) is 55.4 Å². The van der Waals surface area contributed by atoms with Crippen LogP contribution in [0.2, 0.25) is 0 Å². The summed E-state index contributed by atoms with van der Waals surface area (Å²) in [4.78, 5) is 10.6. The van der Waals surface area contributed by atoms with Crippen molar-refractivity contribution in [1.82, 2.24) is 0 Å². The minimum Gasteiger partial charge on any atom is -0.481 e. The van der Waals surface area contributed by atoms with Crippen LogP contribution < -0.4 is 0 Å². The Bertz CT molecular complexity index is 656. The highest BCUT2D eigenvalue weighted by atomic mass is 32.2. The lowest BCUT2D eigenvalue weighted by molar-refractivity contribution is -0.137. The maximum absolute atomic E-state index is 10.6. The number of hydrogen-bond donors (Lipinski definition) is 1. The van der Waals surface area contributed by atoms with Gasteiger partial charge >= 0.3 is 5.97 Å². The fraction of sp³-hybridized carbons (Fsp3) is 0.542. The Kier molecular flexibility index (Phi) is 9.07. The molecule has 2 aliphatic heterocycles. The minimum atomic E-state index is -0.686. The normalized spacial score (nSPS) is 26.6. The second kappa shape index (κ2) is 11.8. The first-order valence-corrected chi connectivity index (χ1v) is 12.7. The van der Waals surface area contributed by atoms with Gasteiger partial charge in [0.05, 0.1) is 0 Å². The molecule has 2 nitrogen and oxygen atoms in total. The molecule has 2 aliphatic rings. The van der Waals surface area contributed by atoms with Crippen molar-refractivity contribution in [3.05, 3.63) is 54.1 Å². The Balaban J connectivity index is 1.35. The first kappa shape index (κ1) is 21.6. The first-order chi connectivity index (χ1) is 13.7. The molecular weight excluding hydrogens is 384 g/mol. The highest BCUT2D eigenvalue weighted by Crippen LogP contribution is 2.55. The van der Waals surface area contributed by atoms with Crippen LogP contribution in [0.5, 0.6) is 0 Å². The topological polar surface area (TPSA) is 37.3 Å². The van der Waals surface area contributed by atoms with Crippen LogP contribution >= 0.6 is 23.5 Å². The van der Waals surface area contributed by atoms with E-state index in [4.69, 9.17) is 5.11 Å². The molecule has 3 rings (SSSR count). The van der Waals surface area contributed by atoms with E-state index in [1.807, 2.05) is 0 Å². The summed E-state index contributed by atoms with van der Waals surface area (Å²) < 4.78 is 0. The number of rotatable bonds is 12. The monoisotopic (exact) mass is 416 g/mol. The van der Waals surface area contributed by atoms with Crippen LogP contribution in [-0.4, -0.2) is 33.1 Å². The van der Waals surface area contributed by atoms with E-state index in [1.165, 1.54) is 37.0 Å². The molecule has 2 saturated heterocycles. The molecule has 0 unspecified atom stereocenters. The van der Waals surface area contributed by atoms with Gasteiger partial charge in [-0.05, 0) is 61.7 Å². The van der Waals surface area contributed by atoms with Crippen molar-refractivity contribution >= 4 is 35.6 Å². The summed E-state index contributed by atoms with van der Waals surface area (Å²) in [5.41, 5.74) is 1.28. The standard InChI is InChI=1S/C24H32O2S2/c25-24(26)13-7-2-1-6-12-20-21(23-15-14-22(20)28-23)16-18-27-17-8-11-19-9-4-3-5-10-19/h1,3-6,8-11,20-23H,2,7,12-18H2,(H,25,26)/b6-1-,11-8?/t20-,21+,22-,23+/m1/s1. The molecule has 0 saturated carbocycles. The number of hydrogen-bond acceptors (Lipinski definition) is 3. The molecule has 1 aromatic rings. The van der Waals surface area contributed by atoms with Crippen LogP contribution in [0.25, 0.3) is 6.08 Å².